The van der Waals surface area contributed by atoms with Crippen LogP contribution in [0.5, 0.6) is 0 Å². The molecule has 6 nitrogen and oxygen atoms in total. The van der Waals surface area contributed by atoms with E-state index in [1.54, 1.807) is 25.6 Å². The Morgan fingerprint density at radius 1 is 1.32 bits per heavy atom. The lowest BCUT2D eigenvalue weighted by molar-refractivity contribution is 0.190. The van der Waals surface area contributed by atoms with E-state index < -0.39 is 0 Å². The van der Waals surface area contributed by atoms with Gasteiger partial charge >= 0.3 is 0 Å². The maximum absolute atomic E-state index is 5.87. The van der Waals surface area contributed by atoms with Crippen molar-refractivity contribution >= 4 is 22.1 Å². The first-order chi connectivity index (χ1) is 9.31. The lowest BCUT2D eigenvalue weighted by atomic mass is 10.3. The zero-order chi connectivity index (χ0) is 13.7. The highest BCUT2D eigenvalue weighted by molar-refractivity contribution is 7.15. The van der Waals surface area contributed by atoms with E-state index in [0.29, 0.717) is 19.8 Å². The Bertz CT molecular complexity index is 503. The largest absolute Gasteiger partial charge is 0.383 e. The van der Waals surface area contributed by atoms with Crippen molar-refractivity contribution < 1.29 is 9.47 Å². The SMILES string of the molecule is COCCN(CCOC)c1nc2sccn2c1CN. The summed E-state index contributed by atoms with van der Waals surface area (Å²) in [6.07, 6.45) is 2.00. The predicted molar refractivity (Wildman–Crippen MR) is 76.9 cm³/mol. The Labute approximate surface area is 116 Å². The topological polar surface area (TPSA) is 65.0 Å². The smallest absolute Gasteiger partial charge is 0.195 e. The molecule has 106 valence electrons. The molecule has 2 heterocycles. The molecule has 0 aliphatic rings. The van der Waals surface area contributed by atoms with E-state index in [4.69, 9.17) is 15.2 Å². The van der Waals surface area contributed by atoms with Crippen molar-refractivity contribution in [3.05, 3.63) is 17.3 Å². The summed E-state index contributed by atoms with van der Waals surface area (Å²) < 4.78 is 12.4. The highest BCUT2D eigenvalue weighted by Crippen LogP contribution is 2.24. The molecule has 0 fully saturated rings. The van der Waals surface area contributed by atoms with Gasteiger partial charge in [0.2, 0.25) is 0 Å². The molecule has 2 aromatic heterocycles. The Kier molecular flexibility index (Phi) is 5.15. The minimum atomic E-state index is 0.462. The first kappa shape index (κ1) is 14.3. The highest BCUT2D eigenvalue weighted by atomic mass is 32.1. The molecule has 7 heteroatoms. The van der Waals surface area contributed by atoms with E-state index in [1.165, 1.54) is 0 Å². The second kappa shape index (κ2) is 6.85. The van der Waals surface area contributed by atoms with Crippen molar-refractivity contribution in [3.63, 3.8) is 0 Å². The third-order valence-electron chi connectivity index (χ3n) is 2.96. The minimum Gasteiger partial charge on any atom is -0.383 e. The van der Waals surface area contributed by atoms with Gasteiger partial charge in [0.15, 0.2) is 10.8 Å². The number of nitrogens with zero attached hydrogens (tertiary/aromatic N) is 3. The van der Waals surface area contributed by atoms with E-state index in [0.717, 1.165) is 29.6 Å². The maximum Gasteiger partial charge on any atom is 0.195 e. The van der Waals surface area contributed by atoms with Gasteiger partial charge in [0, 0.05) is 45.4 Å². The van der Waals surface area contributed by atoms with Gasteiger partial charge in [0.25, 0.3) is 0 Å². The average molecular weight is 284 g/mol. The minimum absolute atomic E-state index is 0.462. The number of hydrogen-bond acceptors (Lipinski definition) is 6. The molecule has 19 heavy (non-hydrogen) atoms. The van der Waals surface area contributed by atoms with Crippen LogP contribution in [-0.4, -0.2) is 49.9 Å². The molecule has 0 bridgehead atoms. The van der Waals surface area contributed by atoms with E-state index in [9.17, 15) is 0 Å². The van der Waals surface area contributed by atoms with Gasteiger partial charge in [-0.25, -0.2) is 4.98 Å². The zero-order valence-corrected chi connectivity index (χ0v) is 12.2. The first-order valence-electron chi connectivity index (χ1n) is 6.19. The number of rotatable bonds is 8. The third-order valence-corrected chi connectivity index (χ3v) is 3.72. The van der Waals surface area contributed by atoms with Gasteiger partial charge in [-0.15, -0.1) is 11.3 Å². The van der Waals surface area contributed by atoms with Gasteiger partial charge in [-0.3, -0.25) is 4.40 Å². The molecular formula is C12H20N4O2S. The molecular weight excluding hydrogens is 264 g/mol. The number of nitrogens with two attached hydrogens (primary N) is 1. The molecule has 0 saturated carbocycles. The molecule has 0 atom stereocenters. The van der Waals surface area contributed by atoms with Crippen molar-refractivity contribution in [1.29, 1.82) is 0 Å². The fourth-order valence-corrected chi connectivity index (χ4v) is 2.72. The molecule has 0 saturated heterocycles. The van der Waals surface area contributed by atoms with Crippen LogP contribution >= 0.6 is 11.3 Å². The number of anilines is 1. The Morgan fingerprint density at radius 3 is 2.58 bits per heavy atom. The summed E-state index contributed by atoms with van der Waals surface area (Å²) in [6.45, 7) is 3.32. The van der Waals surface area contributed by atoms with E-state index in [-0.39, 0.29) is 0 Å². The molecule has 0 radical (unpaired) electrons. The quantitative estimate of drug-likeness (QED) is 0.782. The summed E-state index contributed by atoms with van der Waals surface area (Å²) in [5.41, 5.74) is 6.90. The number of thiazole rings is 1. The maximum atomic E-state index is 5.87. The third kappa shape index (κ3) is 3.06. The van der Waals surface area contributed by atoms with Crippen molar-refractivity contribution in [3.8, 4) is 0 Å². The van der Waals surface area contributed by atoms with Gasteiger partial charge in [0.05, 0.1) is 18.9 Å². The molecule has 0 aliphatic heterocycles. The van der Waals surface area contributed by atoms with Gasteiger partial charge in [0.1, 0.15) is 0 Å². The number of ether oxygens (including phenoxy) is 2. The highest BCUT2D eigenvalue weighted by Gasteiger charge is 2.17. The number of hydrogen-bond donors (Lipinski definition) is 1. The fourth-order valence-electron chi connectivity index (χ4n) is 1.99. The van der Waals surface area contributed by atoms with Crippen LogP contribution in [0.15, 0.2) is 11.6 Å². The fraction of sp³-hybridized carbons (Fsp3) is 0.583. The Hall–Kier alpha value is -1.15. The number of methoxy groups -OCH3 is 2. The molecule has 2 N–H and O–H groups in total. The van der Waals surface area contributed by atoms with Gasteiger partial charge in [-0.2, -0.15) is 0 Å². The molecule has 0 unspecified atom stereocenters. The second-order valence-corrected chi connectivity index (χ2v) is 4.99. The summed E-state index contributed by atoms with van der Waals surface area (Å²) >= 11 is 1.61. The molecule has 0 amide bonds. The number of imidazole rings is 1. The van der Waals surface area contributed by atoms with Crippen molar-refractivity contribution in [2.45, 2.75) is 6.54 Å². The van der Waals surface area contributed by atoms with E-state index in [1.807, 2.05) is 16.0 Å². The van der Waals surface area contributed by atoms with Crippen LogP contribution in [0.4, 0.5) is 5.82 Å². The van der Waals surface area contributed by atoms with Gasteiger partial charge < -0.3 is 20.1 Å². The van der Waals surface area contributed by atoms with Gasteiger partial charge in [-0.1, -0.05) is 0 Å². The molecule has 0 aliphatic carbocycles. The Balaban J connectivity index is 2.27. The zero-order valence-electron chi connectivity index (χ0n) is 11.3. The monoisotopic (exact) mass is 284 g/mol. The van der Waals surface area contributed by atoms with Crippen molar-refractivity contribution in [2.75, 3.05) is 45.4 Å². The van der Waals surface area contributed by atoms with Crippen LogP contribution in [0, 0.1) is 0 Å². The van der Waals surface area contributed by atoms with Crippen LogP contribution < -0.4 is 10.6 Å². The lowest BCUT2D eigenvalue weighted by Gasteiger charge is -2.22. The summed E-state index contributed by atoms with van der Waals surface area (Å²) in [5.74, 6) is 0.934. The molecule has 2 rings (SSSR count). The summed E-state index contributed by atoms with van der Waals surface area (Å²) in [4.78, 5) is 7.80. The van der Waals surface area contributed by atoms with Crippen LogP contribution in [-0.2, 0) is 16.0 Å². The average Bonchev–Trinajstić information content (AvgIpc) is 2.99. The molecule has 0 aromatic carbocycles. The second-order valence-electron chi connectivity index (χ2n) is 4.11. The normalized spacial score (nSPS) is 11.3. The Morgan fingerprint density at radius 2 is 2.00 bits per heavy atom. The van der Waals surface area contributed by atoms with Crippen molar-refractivity contribution in [1.82, 2.24) is 9.38 Å². The van der Waals surface area contributed by atoms with Crippen LogP contribution in [0.3, 0.4) is 0 Å². The first-order valence-corrected chi connectivity index (χ1v) is 7.07. The van der Waals surface area contributed by atoms with Crippen LogP contribution in [0.2, 0.25) is 0 Å². The lowest BCUT2D eigenvalue weighted by Crippen LogP contribution is -2.32. The van der Waals surface area contributed by atoms with E-state index in [2.05, 4.69) is 9.88 Å². The summed E-state index contributed by atoms with van der Waals surface area (Å²) in [7, 11) is 3.40. The summed E-state index contributed by atoms with van der Waals surface area (Å²) in [6, 6.07) is 0. The van der Waals surface area contributed by atoms with E-state index >= 15 is 0 Å². The summed E-state index contributed by atoms with van der Waals surface area (Å²) in [5, 5.41) is 2.01. The van der Waals surface area contributed by atoms with Crippen molar-refractivity contribution in [2.24, 2.45) is 5.73 Å². The molecule has 0 spiro atoms. The molecule has 2 aromatic rings. The van der Waals surface area contributed by atoms with Gasteiger partial charge in [-0.05, 0) is 0 Å². The number of fused-ring (bicyclic) bond motifs is 1. The number of aromatic nitrogens is 2. The van der Waals surface area contributed by atoms with Crippen LogP contribution in [0.25, 0.3) is 4.96 Å². The van der Waals surface area contributed by atoms with Crippen LogP contribution in [0.1, 0.15) is 5.69 Å². The standard InChI is InChI=1S/C12H20N4O2S/c1-17-6-3-15(4-7-18-2)11-10(9-13)16-5-8-19-12(16)14-11/h5,8H,3-4,6-7,9,13H2,1-2H3. The predicted octanol–water partition coefficient (Wildman–Crippen LogP) is 0.954.